The van der Waals surface area contributed by atoms with Crippen molar-refractivity contribution < 1.29 is 9.47 Å². The van der Waals surface area contributed by atoms with Crippen molar-refractivity contribution in [2.45, 2.75) is 40.4 Å². The topological polar surface area (TPSA) is 51.0 Å². The fourth-order valence-electron chi connectivity index (χ4n) is 4.75. The summed E-state index contributed by atoms with van der Waals surface area (Å²) < 4.78 is 13.7. The highest BCUT2D eigenvalue weighted by Crippen LogP contribution is 2.39. The van der Waals surface area contributed by atoms with Gasteiger partial charge in [0.1, 0.15) is 17.7 Å². The molecule has 0 amide bonds. The summed E-state index contributed by atoms with van der Waals surface area (Å²) >= 11 is 12.5. The number of nitrogens with one attached hydrogen (secondary N) is 1. The van der Waals surface area contributed by atoms with Gasteiger partial charge in [0, 0.05) is 52.2 Å². The van der Waals surface area contributed by atoms with Gasteiger partial charge in [0.15, 0.2) is 0 Å². The minimum absolute atomic E-state index is 0.126. The average Bonchev–Trinajstić information content (AvgIpc) is 3.05. The van der Waals surface area contributed by atoms with Crippen LogP contribution in [0, 0.1) is 13.8 Å². The Labute approximate surface area is 211 Å². The minimum atomic E-state index is -0.126. The molecule has 8 heteroatoms. The number of rotatable bonds is 7. The number of ether oxygens (including phenoxy) is 2. The first-order valence-corrected chi connectivity index (χ1v) is 12.0. The van der Waals surface area contributed by atoms with Gasteiger partial charge in [-0.15, -0.1) is 0 Å². The number of hydrogen-bond acceptors (Lipinski definition) is 5. The molecule has 2 aromatic carbocycles. The number of nitrogens with zero attached hydrogens (tertiary/aromatic N) is 3. The second-order valence-corrected chi connectivity index (χ2v) is 9.18. The molecule has 1 atom stereocenters. The Hall–Kier alpha value is -2.67. The van der Waals surface area contributed by atoms with Crippen LogP contribution in [0.1, 0.15) is 48.1 Å². The maximum absolute atomic E-state index is 6.42. The third kappa shape index (κ3) is 4.38. The van der Waals surface area contributed by atoms with Crippen molar-refractivity contribution in [1.29, 1.82) is 0 Å². The number of aromatic nitrogens is 1. The summed E-state index contributed by atoms with van der Waals surface area (Å²) in [5.74, 6) is 1.54. The molecule has 34 heavy (non-hydrogen) atoms. The smallest absolute Gasteiger partial charge is 0.146 e. The lowest BCUT2D eigenvalue weighted by molar-refractivity contribution is 0.207. The van der Waals surface area contributed by atoms with Gasteiger partial charge in [-0.25, -0.2) is 0 Å². The maximum atomic E-state index is 6.42. The Morgan fingerprint density at radius 3 is 2.50 bits per heavy atom. The summed E-state index contributed by atoms with van der Waals surface area (Å²) in [6, 6.07) is 11.5. The van der Waals surface area contributed by atoms with Gasteiger partial charge < -0.3 is 14.0 Å². The van der Waals surface area contributed by atoms with Gasteiger partial charge in [0.05, 0.1) is 25.1 Å². The lowest BCUT2D eigenvalue weighted by Gasteiger charge is -2.32. The largest absolute Gasteiger partial charge is 0.494 e. The third-order valence-electron chi connectivity index (χ3n) is 6.21. The molecule has 0 saturated carbocycles. The molecule has 4 rings (SSSR count). The fraction of sp³-hybridized carbons (Fsp3) is 0.346. The second kappa shape index (κ2) is 9.90. The van der Waals surface area contributed by atoms with Crippen molar-refractivity contribution >= 4 is 28.9 Å². The van der Waals surface area contributed by atoms with Crippen molar-refractivity contribution in [1.82, 2.24) is 14.9 Å². The molecule has 1 N–H and O–H groups in total. The number of methoxy groups -OCH3 is 1. The van der Waals surface area contributed by atoms with Crippen LogP contribution >= 0.6 is 23.2 Å². The predicted molar refractivity (Wildman–Crippen MR) is 139 cm³/mol. The molecule has 0 aliphatic carbocycles. The van der Waals surface area contributed by atoms with Gasteiger partial charge in [-0.05, 0) is 57.5 Å². The second-order valence-electron chi connectivity index (χ2n) is 8.34. The Kier molecular flexibility index (Phi) is 7.12. The Morgan fingerprint density at radius 2 is 1.82 bits per heavy atom. The highest BCUT2D eigenvalue weighted by atomic mass is 35.5. The first kappa shape index (κ1) is 24.5. The van der Waals surface area contributed by atoms with Crippen LogP contribution in [0.5, 0.6) is 11.5 Å². The zero-order valence-corrected chi connectivity index (χ0v) is 21.9. The van der Waals surface area contributed by atoms with E-state index in [-0.39, 0.29) is 6.17 Å². The monoisotopic (exact) mass is 500 g/mol. The molecule has 6 nitrogen and oxygen atoms in total. The molecular weight excluding hydrogens is 471 g/mol. The molecule has 1 unspecified atom stereocenters. The van der Waals surface area contributed by atoms with Crippen LogP contribution in [-0.2, 0) is 6.54 Å². The lowest BCUT2D eigenvalue weighted by atomic mass is 10.0. The van der Waals surface area contributed by atoms with E-state index in [2.05, 4.69) is 23.7 Å². The van der Waals surface area contributed by atoms with E-state index in [4.69, 9.17) is 37.8 Å². The van der Waals surface area contributed by atoms with Crippen LogP contribution in [0.3, 0.4) is 0 Å². The van der Waals surface area contributed by atoms with Crippen molar-refractivity contribution in [2.24, 2.45) is 5.10 Å². The van der Waals surface area contributed by atoms with Gasteiger partial charge >= 0.3 is 0 Å². The molecule has 0 fully saturated rings. The molecule has 0 saturated heterocycles. The van der Waals surface area contributed by atoms with Crippen LogP contribution in [0.15, 0.2) is 41.5 Å². The molecule has 1 aliphatic heterocycles. The standard InChI is InChI=1S/C26H30Cl2N4O2/c1-7-34-20-10-11-22(23(13-20)33-6)32-16(3)24-15(2)30-31(5)26(25(24)17(32)4)29-14-18-8-9-19(27)12-21(18)28/h8-13,26,29H,7,14H2,1-6H3. The minimum Gasteiger partial charge on any atom is -0.494 e. The molecule has 1 aromatic heterocycles. The zero-order chi connectivity index (χ0) is 24.6. The van der Waals surface area contributed by atoms with Gasteiger partial charge in [0.2, 0.25) is 0 Å². The molecule has 3 aromatic rings. The first-order valence-electron chi connectivity index (χ1n) is 11.3. The molecule has 0 radical (unpaired) electrons. The number of benzene rings is 2. The number of fused-ring (bicyclic) bond motifs is 1. The highest BCUT2D eigenvalue weighted by molar-refractivity contribution is 6.35. The Bertz CT molecular complexity index is 1250. The van der Waals surface area contributed by atoms with E-state index in [0.717, 1.165) is 45.4 Å². The van der Waals surface area contributed by atoms with Crippen LogP contribution in [0.4, 0.5) is 0 Å². The zero-order valence-electron chi connectivity index (χ0n) is 20.4. The van der Waals surface area contributed by atoms with Gasteiger partial charge in [0.25, 0.3) is 0 Å². The van der Waals surface area contributed by atoms with Crippen LogP contribution < -0.4 is 14.8 Å². The van der Waals surface area contributed by atoms with Crippen molar-refractivity contribution in [3.05, 3.63) is 74.5 Å². The van der Waals surface area contributed by atoms with Crippen molar-refractivity contribution in [2.75, 3.05) is 20.8 Å². The quantitative estimate of drug-likeness (QED) is 0.415. The molecule has 0 bridgehead atoms. The van der Waals surface area contributed by atoms with Crippen LogP contribution in [0.2, 0.25) is 10.0 Å². The van der Waals surface area contributed by atoms with Crippen LogP contribution in [-0.4, -0.2) is 36.1 Å². The highest BCUT2D eigenvalue weighted by Gasteiger charge is 2.32. The fourth-order valence-corrected chi connectivity index (χ4v) is 5.22. The molecule has 2 heterocycles. The predicted octanol–water partition coefficient (Wildman–Crippen LogP) is 6.27. The SMILES string of the molecule is CCOc1ccc(-n2c(C)c3c(c2C)C(NCc2ccc(Cl)cc2Cl)N(C)N=C3C)c(OC)c1. The first-order chi connectivity index (χ1) is 16.3. The van der Waals surface area contributed by atoms with E-state index in [1.807, 2.05) is 56.2 Å². The van der Waals surface area contributed by atoms with Crippen molar-refractivity contribution in [3.63, 3.8) is 0 Å². The molecular formula is C26H30Cl2N4O2. The Balaban J connectivity index is 1.77. The molecule has 0 spiro atoms. The van der Waals surface area contributed by atoms with E-state index in [1.165, 1.54) is 5.56 Å². The summed E-state index contributed by atoms with van der Waals surface area (Å²) in [6.45, 7) is 9.46. The van der Waals surface area contributed by atoms with E-state index >= 15 is 0 Å². The van der Waals surface area contributed by atoms with E-state index in [0.29, 0.717) is 23.2 Å². The summed E-state index contributed by atoms with van der Waals surface area (Å²) in [6.07, 6.45) is -0.126. The van der Waals surface area contributed by atoms with Gasteiger partial charge in [-0.1, -0.05) is 29.3 Å². The third-order valence-corrected chi connectivity index (χ3v) is 6.80. The summed E-state index contributed by atoms with van der Waals surface area (Å²) in [7, 11) is 3.67. The number of hydrazone groups is 1. The van der Waals surface area contributed by atoms with E-state index in [9.17, 15) is 0 Å². The summed E-state index contributed by atoms with van der Waals surface area (Å²) in [5, 5.41) is 11.7. The Morgan fingerprint density at radius 1 is 1.06 bits per heavy atom. The van der Waals surface area contributed by atoms with Crippen LogP contribution in [0.25, 0.3) is 5.69 Å². The van der Waals surface area contributed by atoms with Gasteiger partial charge in [-0.3, -0.25) is 10.3 Å². The normalized spacial score (nSPS) is 15.2. The number of halogens is 2. The average molecular weight is 501 g/mol. The molecule has 1 aliphatic rings. The van der Waals surface area contributed by atoms with E-state index in [1.54, 1.807) is 13.2 Å². The van der Waals surface area contributed by atoms with Crippen molar-refractivity contribution in [3.8, 4) is 17.2 Å². The summed E-state index contributed by atoms with van der Waals surface area (Å²) in [5.41, 5.74) is 7.49. The van der Waals surface area contributed by atoms with Gasteiger partial charge in [-0.2, -0.15) is 5.10 Å². The molecule has 180 valence electrons. The lowest BCUT2D eigenvalue weighted by Crippen LogP contribution is -2.37. The van der Waals surface area contributed by atoms with E-state index < -0.39 is 0 Å². The maximum Gasteiger partial charge on any atom is 0.146 e. The summed E-state index contributed by atoms with van der Waals surface area (Å²) in [4.78, 5) is 0. The number of hydrogen-bond donors (Lipinski definition) is 1.